The van der Waals surface area contributed by atoms with Gasteiger partial charge in [0, 0.05) is 38.5 Å². The highest BCUT2D eigenvalue weighted by molar-refractivity contribution is 5.73. The van der Waals surface area contributed by atoms with Crippen molar-refractivity contribution < 1.29 is 9.32 Å². The smallest absolute Gasteiger partial charge is 0.243 e. The summed E-state index contributed by atoms with van der Waals surface area (Å²) >= 11 is 0. The molecule has 0 N–H and O–H groups in total. The van der Waals surface area contributed by atoms with Crippen LogP contribution in [0.15, 0.2) is 4.52 Å². The van der Waals surface area contributed by atoms with Gasteiger partial charge in [0.25, 0.3) is 0 Å². The first-order valence-electron chi connectivity index (χ1n) is 7.12. The van der Waals surface area contributed by atoms with Gasteiger partial charge in [-0.1, -0.05) is 25.9 Å². The first-order chi connectivity index (χ1) is 9.29. The van der Waals surface area contributed by atoms with Crippen LogP contribution in [-0.2, 0) is 10.2 Å². The van der Waals surface area contributed by atoms with Crippen LogP contribution in [0, 0.1) is 0 Å². The Morgan fingerprint density at radius 3 is 2.30 bits per heavy atom. The van der Waals surface area contributed by atoms with Crippen molar-refractivity contribution in [3.8, 4) is 0 Å². The SMILES string of the molecule is CC(=O)N1CCN(C(C)c2nc(C(C)(C)C)no2)CC1. The maximum atomic E-state index is 11.3. The van der Waals surface area contributed by atoms with Crippen LogP contribution in [0.4, 0.5) is 0 Å². The minimum atomic E-state index is -0.102. The lowest BCUT2D eigenvalue weighted by atomic mass is 9.96. The predicted octanol–water partition coefficient (Wildman–Crippen LogP) is 1.59. The van der Waals surface area contributed by atoms with Crippen molar-refractivity contribution in [2.45, 2.75) is 46.1 Å². The number of nitrogens with zero attached hydrogens (tertiary/aromatic N) is 4. The molecule has 1 fully saturated rings. The lowest BCUT2D eigenvalue weighted by Gasteiger charge is -2.36. The molecule has 1 saturated heterocycles. The lowest BCUT2D eigenvalue weighted by molar-refractivity contribution is -0.130. The van der Waals surface area contributed by atoms with Crippen LogP contribution in [0.25, 0.3) is 0 Å². The molecular weight excluding hydrogens is 256 g/mol. The van der Waals surface area contributed by atoms with Gasteiger partial charge in [0.15, 0.2) is 5.82 Å². The zero-order chi connectivity index (χ0) is 14.9. The van der Waals surface area contributed by atoms with Crippen molar-refractivity contribution in [3.05, 3.63) is 11.7 Å². The lowest BCUT2D eigenvalue weighted by Crippen LogP contribution is -2.48. The minimum absolute atomic E-state index is 0.0905. The molecule has 20 heavy (non-hydrogen) atoms. The molecule has 1 aromatic heterocycles. The zero-order valence-electron chi connectivity index (χ0n) is 13.0. The maximum absolute atomic E-state index is 11.3. The van der Waals surface area contributed by atoms with Crippen LogP contribution in [-0.4, -0.2) is 52.0 Å². The van der Waals surface area contributed by atoms with E-state index in [1.807, 2.05) is 4.90 Å². The Kier molecular flexibility index (Phi) is 4.13. The van der Waals surface area contributed by atoms with Crippen molar-refractivity contribution >= 4 is 5.91 Å². The number of piperazine rings is 1. The molecule has 112 valence electrons. The first kappa shape index (κ1) is 15.0. The topological polar surface area (TPSA) is 62.5 Å². The molecule has 6 nitrogen and oxygen atoms in total. The Hall–Kier alpha value is -1.43. The van der Waals surface area contributed by atoms with E-state index in [4.69, 9.17) is 4.52 Å². The van der Waals surface area contributed by atoms with Crippen LogP contribution >= 0.6 is 0 Å². The van der Waals surface area contributed by atoms with Gasteiger partial charge >= 0.3 is 0 Å². The summed E-state index contributed by atoms with van der Waals surface area (Å²) < 4.78 is 5.40. The highest BCUT2D eigenvalue weighted by Gasteiger charge is 2.28. The van der Waals surface area contributed by atoms with Gasteiger partial charge in [-0.2, -0.15) is 4.98 Å². The van der Waals surface area contributed by atoms with Gasteiger partial charge in [0.2, 0.25) is 11.8 Å². The summed E-state index contributed by atoms with van der Waals surface area (Å²) in [6.45, 7) is 13.1. The van der Waals surface area contributed by atoms with Gasteiger partial charge in [-0.15, -0.1) is 0 Å². The molecule has 2 heterocycles. The fraction of sp³-hybridized carbons (Fsp3) is 0.786. The minimum Gasteiger partial charge on any atom is -0.340 e. The summed E-state index contributed by atoms with van der Waals surface area (Å²) in [5, 5.41) is 4.07. The van der Waals surface area contributed by atoms with E-state index in [0.29, 0.717) is 5.89 Å². The average Bonchev–Trinajstić information content (AvgIpc) is 2.87. The second-order valence-corrected chi connectivity index (χ2v) is 6.42. The summed E-state index contributed by atoms with van der Waals surface area (Å²) in [6, 6.07) is 0.0905. The van der Waals surface area contributed by atoms with E-state index < -0.39 is 0 Å². The molecular formula is C14H24N4O2. The number of rotatable bonds is 2. The quantitative estimate of drug-likeness (QED) is 0.823. The fourth-order valence-corrected chi connectivity index (χ4v) is 2.29. The largest absolute Gasteiger partial charge is 0.340 e. The van der Waals surface area contributed by atoms with Crippen molar-refractivity contribution in [1.82, 2.24) is 19.9 Å². The van der Waals surface area contributed by atoms with Gasteiger partial charge in [-0.3, -0.25) is 9.69 Å². The van der Waals surface area contributed by atoms with E-state index in [-0.39, 0.29) is 17.4 Å². The molecule has 1 aliphatic rings. The number of hydrogen-bond donors (Lipinski definition) is 0. The number of carbonyl (C=O) groups excluding carboxylic acids is 1. The normalized spacial score (nSPS) is 19.1. The molecule has 0 aliphatic carbocycles. The Labute approximate surface area is 120 Å². The van der Waals surface area contributed by atoms with Gasteiger partial charge in [0.1, 0.15) is 0 Å². The monoisotopic (exact) mass is 280 g/mol. The standard InChI is InChI=1S/C14H24N4O2/c1-10(12-15-13(16-20-12)14(3,4)5)17-6-8-18(9-7-17)11(2)19/h10H,6-9H2,1-5H3. The Bertz CT molecular complexity index is 470. The van der Waals surface area contributed by atoms with E-state index in [2.05, 4.69) is 42.7 Å². The molecule has 6 heteroatoms. The molecule has 2 rings (SSSR count). The first-order valence-corrected chi connectivity index (χ1v) is 7.12. The molecule has 0 radical (unpaired) electrons. The molecule has 1 aliphatic heterocycles. The average molecular weight is 280 g/mol. The van der Waals surface area contributed by atoms with Crippen LogP contribution in [0.2, 0.25) is 0 Å². The third-order valence-electron chi connectivity index (χ3n) is 3.78. The summed E-state index contributed by atoms with van der Waals surface area (Å²) in [5.41, 5.74) is -0.102. The maximum Gasteiger partial charge on any atom is 0.243 e. The fourth-order valence-electron chi connectivity index (χ4n) is 2.29. The van der Waals surface area contributed by atoms with Crippen LogP contribution < -0.4 is 0 Å². The molecule has 1 atom stereocenters. The van der Waals surface area contributed by atoms with Crippen molar-refractivity contribution in [3.63, 3.8) is 0 Å². The Morgan fingerprint density at radius 2 is 1.85 bits per heavy atom. The van der Waals surface area contributed by atoms with Gasteiger partial charge in [-0.25, -0.2) is 0 Å². The molecule has 1 amide bonds. The predicted molar refractivity (Wildman–Crippen MR) is 75.2 cm³/mol. The van der Waals surface area contributed by atoms with E-state index in [9.17, 15) is 4.79 Å². The van der Waals surface area contributed by atoms with E-state index in [0.717, 1.165) is 32.0 Å². The van der Waals surface area contributed by atoms with Crippen molar-refractivity contribution in [2.24, 2.45) is 0 Å². The van der Waals surface area contributed by atoms with E-state index in [1.165, 1.54) is 0 Å². The highest BCUT2D eigenvalue weighted by atomic mass is 16.5. The van der Waals surface area contributed by atoms with E-state index in [1.54, 1.807) is 6.92 Å². The number of carbonyl (C=O) groups is 1. The number of aromatic nitrogens is 2. The van der Waals surface area contributed by atoms with E-state index >= 15 is 0 Å². The van der Waals surface area contributed by atoms with Gasteiger partial charge < -0.3 is 9.42 Å². The summed E-state index contributed by atoms with van der Waals surface area (Å²) in [5.74, 6) is 1.54. The van der Waals surface area contributed by atoms with Crippen LogP contribution in [0.5, 0.6) is 0 Å². The molecule has 0 saturated carbocycles. The number of amides is 1. The van der Waals surface area contributed by atoms with Gasteiger partial charge in [0.05, 0.1) is 6.04 Å². The summed E-state index contributed by atoms with van der Waals surface area (Å²) in [4.78, 5) is 20.0. The highest BCUT2D eigenvalue weighted by Crippen LogP contribution is 2.24. The molecule has 1 aromatic rings. The van der Waals surface area contributed by atoms with Crippen LogP contribution in [0.1, 0.15) is 52.4 Å². The molecule has 0 aromatic carbocycles. The summed E-state index contributed by atoms with van der Waals surface area (Å²) in [6.07, 6.45) is 0. The second kappa shape index (κ2) is 5.52. The van der Waals surface area contributed by atoms with Crippen LogP contribution in [0.3, 0.4) is 0 Å². The van der Waals surface area contributed by atoms with Crippen molar-refractivity contribution in [1.29, 1.82) is 0 Å². The third-order valence-corrected chi connectivity index (χ3v) is 3.78. The Balaban J connectivity index is 2.00. The Morgan fingerprint density at radius 1 is 1.25 bits per heavy atom. The van der Waals surface area contributed by atoms with Gasteiger partial charge in [-0.05, 0) is 6.92 Å². The second-order valence-electron chi connectivity index (χ2n) is 6.42. The molecule has 0 spiro atoms. The zero-order valence-corrected chi connectivity index (χ0v) is 13.0. The van der Waals surface area contributed by atoms with Crippen molar-refractivity contribution in [2.75, 3.05) is 26.2 Å². The third kappa shape index (κ3) is 3.17. The molecule has 1 unspecified atom stereocenters. The molecule has 0 bridgehead atoms. The number of hydrogen-bond acceptors (Lipinski definition) is 5. The summed E-state index contributed by atoms with van der Waals surface area (Å²) in [7, 11) is 0.